The monoisotopic (exact) mass is 268 g/mol. The van der Waals surface area contributed by atoms with Crippen molar-refractivity contribution in [3.05, 3.63) is 34.6 Å². The van der Waals surface area contributed by atoms with E-state index in [-0.39, 0.29) is 23.8 Å². The Kier molecular flexibility index (Phi) is 5.60. The predicted octanol–water partition coefficient (Wildman–Crippen LogP) is 2.78. The van der Waals surface area contributed by atoms with E-state index in [1.807, 2.05) is 6.07 Å². The molecule has 0 saturated heterocycles. The standard InChI is InChI=1S/C13H14ClFN2O/c1-17(13(18)3-2-7-16)8-6-10-4-5-12(15)11(14)9-10/h4-5,9H,2-3,6,8H2,1H3. The Morgan fingerprint density at radius 1 is 1.56 bits per heavy atom. The zero-order chi connectivity index (χ0) is 13.5. The van der Waals surface area contributed by atoms with Gasteiger partial charge >= 0.3 is 0 Å². The van der Waals surface area contributed by atoms with E-state index in [1.54, 1.807) is 24.1 Å². The van der Waals surface area contributed by atoms with Crippen molar-refractivity contribution in [3.63, 3.8) is 0 Å². The number of carbonyl (C=O) groups excluding carboxylic acids is 1. The van der Waals surface area contributed by atoms with E-state index in [1.165, 1.54) is 6.07 Å². The second-order valence-electron chi connectivity index (χ2n) is 3.97. The van der Waals surface area contributed by atoms with Gasteiger partial charge in [-0.1, -0.05) is 17.7 Å². The molecule has 3 nitrogen and oxygen atoms in total. The third-order valence-corrected chi connectivity index (χ3v) is 2.89. The molecular formula is C13H14ClFN2O. The molecule has 0 saturated carbocycles. The molecule has 0 atom stereocenters. The van der Waals surface area contributed by atoms with E-state index < -0.39 is 5.82 Å². The van der Waals surface area contributed by atoms with Gasteiger partial charge in [0.05, 0.1) is 11.1 Å². The average molecular weight is 269 g/mol. The highest BCUT2D eigenvalue weighted by molar-refractivity contribution is 6.30. The van der Waals surface area contributed by atoms with Crippen molar-refractivity contribution in [1.82, 2.24) is 4.90 Å². The van der Waals surface area contributed by atoms with Crippen LogP contribution in [0.2, 0.25) is 5.02 Å². The molecule has 96 valence electrons. The molecular weight excluding hydrogens is 255 g/mol. The molecule has 0 aromatic heterocycles. The highest BCUT2D eigenvalue weighted by atomic mass is 35.5. The van der Waals surface area contributed by atoms with Gasteiger partial charge < -0.3 is 4.90 Å². The van der Waals surface area contributed by atoms with Gasteiger partial charge in [-0.05, 0) is 24.1 Å². The summed E-state index contributed by atoms with van der Waals surface area (Å²) in [5, 5.41) is 8.48. The second kappa shape index (κ2) is 6.97. The molecule has 1 aromatic rings. The Bertz CT molecular complexity index is 471. The zero-order valence-electron chi connectivity index (χ0n) is 10.1. The Hall–Kier alpha value is -1.60. The zero-order valence-corrected chi connectivity index (χ0v) is 10.9. The van der Waals surface area contributed by atoms with Crippen molar-refractivity contribution in [3.8, 4) is 6.07 Å². The van der Waals surface area contributed by atoms with Gasteiger partial charge in [0.1, 0.15) is 5.82 Å². The van der Waals surface area contributed by atoms with E-state index in [2.05, 4.69) is 0 Å². The van der Waals surface area contributed by atoms with Crippen molar-refractivity contribution in [2.24, 2.45) is 0 Å². The molecule has 1 aromatic carbocycles. The molecule has 0 aliphatic heterocycles. The average Bonchev–Trinajstić information content (AvgIpc) is 2.36. The maximum Gasteiger partial charge on any atom is 0.223 e. The fourth-order valence-corrected chi connectivity index (χ4v) is 1.67. The molecule has 5 heteroatoms. The Labute approximate surface area is 111 Å². The summed E-state index contributed by atoms with van der Waals surface area (Å²) in [6, 6.07) is 6.46. The number of halogens is 2. The van der Waals surface area contributed by atoms with E-state index in [0.29, 0.717) is 13.0 Å². The molecule has 1 rings (SSSR count). The summed E-state index contributed by atoms with van der Waals surface area (Å²) in [4.78, 5) is 13.1. The number of hydrogen-bond acceptors (Lipinski definition) is 2. The van der Waals surface area contributed by atoms with E-state index >= 15 is 0 Å². The van der Waals surface area contributed by atoms with Crippen LogP contribution in [0.5, 0.6) is 0 Å². The smallest absolute Gasteiger partial charge is 0.223 e. The van der Waals surface area contributed by atoms with Crippen molar-refractivity contribution < 1.29 is 9.18 Å². The van der Waals surface area contributed by atoms with Crippen molar-refractivity contribution in [1.29, 1.82) is 5.26 Å². The van der Waals surface area contributed by atoms with Crippen LogP contribution in [-0.4, -0.2) is 24.4 Å². The molecule has 0 fully saturated rings. The lowest BCUT2D eigenvalue weighted by molar-refractivity contribution is -0.129. The molecule has 0 unspecified atom stereocenters. The Balaban J connectivity index is 2.47. The third kappa shape index (κ3) is 4.34. The lowest BCUT2D eigenvalue weighted by atomic mass is 10.1. The summed E-state index contributed by atoms with van der Waals surface area (Å²) < 4.78 is 12.9. The number of amides is 1. The summed E-state index contributed by atoms with van der Waals surface area (Å²) in [6.07, 6.45) is 1.07. The Morgan fingerprint density at radius 2 is 2.28 bits per heavy atom. The normalized spacial score (nSPS) is 9.89. The van der Waals surface area contributed by atoms with Crippen LogP contribution in [0.4, 0.5) is 4.39 Å². The molecule has 0 N–H and O–H groups in total. The van der Waals surface area contributed by atoms with Crippen LogP contribution in [0, 0.1) is 17.1 Å². The lowest BCUT2D eigenvalue weighted by Crippen LogP contribution is -2.28. The first-order valence-corrected chi connectivity index (χ1v) is 5.97. The molecule has 0 radical (unpaired) electrons. The fourth-order valence-electron chi connectivity index (χ4n) is 1.47. The van der Waals surface area contributed by atoms with Crippen LogP contribution in [-0.2, 0) is 11.2 Å². The lowest BCUT2D eigenvalue weighted by Gasteiger charge is -2.16. The van der Waals surface area contributed by atoms with Gasteiger partial charge in [0.15, 0.2) is 0 Å². The van der Waals surface area contributed by atoms with Gasteiger partial charge in [0, 0.05) is 26.4 Å². The minimum Gasteiger partial charge on any atom is -0.345 e. The highest BCUT2D eigenvalue weighted by Crippen LogP contribution is 2.16. The van der Waals surface area contributed by atoms with Gasteiger partial charge in [-0.15, -0.1) is 0 Å². The van der Waals surface area contributed by atoms with E-state index in [9.17, 15) is 9.18 Å². The SMILES string of the molecule is CN(CCc1ccc(F)c(Cl)c1)C(=O)CCC#N. The largest absolute Gasteiger partial charge is 0.345 e. The van der Waals surface area contributed by atoms with E-state index in [4.69, 9.17) is 16.9 Å². The number of rotatable bonds is 5. The molecule has 0 aliphatic rings. The van der Waals surface area contributed by atoms with Crippen LogP contribution >= 0.6 is 11.6 Å². The Morgan fingerprint density at radius 3 is 2.89 bits per heavy atom. The first kappa shape index (κ1) is 14.5. The van der Waals surface area contributed by atoms with Crippen LogP contribution < -0.4 is 0 Å². The number of nitriles is 1. The van der Waals surface area contributed by atoms with Crippen molar-refractivity contribution in [2.45, 2.75) is 19.3 Å². The van der Waals surface area contributed by atoms with Crippen LogP contribution in [0.3, 0.4) is 0 Å². The number of hydrogen-bond donors (Lipinski definition) is 0. The topological polar surface area (TPSA) is 44.1 Å². The maximum absolute atomic E-state index is 12.9. The van der Waals surface area contributed by atoms with Gasteiger partial charge in [-0.2, -0.15) is 5.26 Å². The van der Waals surface area contributed by atoms with Crippen molar-refractivity contribution in [2.75, 3.05) is 13.6 Å². The number of nitrogens with zero attached hydrogens (tertiary/aromatic N) is 2. The summed E-state index contributed by atoms with van der Waals surface area (Å²) in [5.41, 5.74) is 0.876. The molecule has 1 amide bonds. The third-order valence-electron chi connectivity index (χ3n) is 2.60. The van der Waals surface area contributed by atoms with Crippen LogP contribution in [0.15, 0.2) is 18.2 Å². The van der Waals surface area contributed by atoms with Gasteiger partial charge in [-0.3, -0.25) is 4.79 Å². The minimum atomic E-state index is -0.445. The van der Waals surface area contributed by atoms with Gasteiger partial charge in [0.25, 0.3) is 0 Å². The number of likely N-dealkylation sites (N-methyl/N-ethyl adjacent to an activating group) is 1. The fraction of sp³-hybridized carbons (Fsp3) is 0.385. The van der Waals surface area contributed by atoms with Gasteiger partial charge in [-0.25, -0.2) is 4.39 Å². The number of benzene rings is 1. The first-order chi connectivity index (χ1) is 8.54. The maximum atomic E-state index is 12.9. The second-order valence-corrected chi connectivity index (χ2v) is 4.38. The molecule has 0 aliphatic carbocycles. The summed E-state index contributed by atoms with van der Waals surface area (Å²) in [5.74, 6) is -0.511. The molecule has 18 heavy (non-hydrogen) atoms. The van der Waals surface area contributed by atoms with Crippen LogP contribution in [0.1, 0.15) is 18.4 Å². The quantitative estimate of drug-likeness (QED) is 0.824. The van der Waals surface area contributed by atoms with Gasteiger partial charge in [0.2, 0.25) is 5.91 Å². The van der Waals surface area contributed by atoms with Crippen LogP contribution in [0.25, 0.3) is 0 Å². The van der Waals surface area contributed by atoms with Crippen molar-refractivity contribution >= 4 is 17.5 Å². The molecule has 0 heterocycles. The summed E-state index contributed by atoms with van der Waals surface area (Å²) in [7, 11) is 1.69. The molecule has 0 bridgehead atoms. The predicted molar refractivity (Wildman–Crippen MR) is 67.6 cm³/mol. The highest BCUT2D eigenvalue weighted by Gasteiger charge is 2.08. The summed E-state index contributed by atoms with van der Waals surface area (Å²) in [6.45, 7) is 0.520. The molecule has 0 spiro atoms. The summed E-state index contributed by atoms with van der Waals surface area (Å²) >= 11 is 5.67. The van der Waals surface area contributed by atoms with E-state index in [0.717, 1.165) is 5.56 Å². The first-order valence-electron chi connectivity index (χ1n) is 5.59. The minimum absolute atomic E-state index is 0.0650. The number of carbonyl (C=O) groups is 1.